The summed E-state index contributed by atoms with van der Waals surface area (Å²) in [5.41, 5.74) is 2.91. The molecule has 1 saturated heterocycles. The molecule has 1 aromatic heterocycles. The normalized spacial score (nSPS) is 23.3. The molecule has 162 valence electrons. The Balaban J connectivity index is 1.15. The van der Waals surface area contributed by atoms with Gasteiger partial charge in [-0.05, 0) is 37.0 Å². The zero-order valence-corrected chi connectivity index (χ0v) is 17.8. The molecule has 0 spiro atoms. The number of rotatable bonds is 5. The maximum absolute atomic E-state index is 12.7. The van der Waals surface area contributed by atoms with E-state index in [0.717, 1.165) is 43.9 Å². The quantitative estimate of drug-likeness (QED) is 0.794. The van der Waals surface area contributed by atoms with Gasteiger partial charge in [0.1, 0.15) is 6.04 Å². The van der Waals surface area contributed by atoms with Gasteiger partial charge in [-0.2, -0.15) is 0 Å². The molecule has 5 rings (SSSR count). The van der Waals surface area contributed by atoms with Crippen molar-refractivity contribution in [3.63, 3.8) is 0 Å². The Labute approximate surface area is 181 Å². The van der Waals surface area contributed by atoms with E-state index in [1.165, 1.54) is 0 Å². The number of aromatic nitrogens is 1. The van der Waals surface area contributed by atoms with Crippen LogP contribution in [-0.2, 0) is 17.9 Å². The average Bonchev–Trinajstić information content (AvgIpc) is 3.10. The highest BCUT2D eigenvalue weighted by atomic mass is 16.2. The summed E-state index contributed by atoms with van der Waals surface area (Å²) in [5.74, 6) is 0.657. The lowest BCUT2D eigenvalue weighted by Crippen LogP contribution is -2.50. The number of benzene rings is 1. The molecule has 2 amide bonds. The second-order valence-electron chi connectivity index (χ2n) is 9.01. The third-order valence-electron chi connectivity index (χ3n) is 6.98. The lowest BCUT2D eigenvalue weighted by Gasteiger charge is -2.42. The van der Waals surface area contributed by atoms with Crippen molar-refractivity contribution in [3.05, 3.63) is 69.6 Å². The molecule has 3 atom stereocenters. The molecular weight excluding hydrogens is 392 g/mol. The average molecular weight is 421 g/mol. The van der Waals surface area contributed by atoms with E-state index in [1.807, 2.05) is 34.9 Å². The smallest absolute Gasteiger partial charge is 0.255 e. The van der Waals surface area contributed by atoms with E-state index >= 15 is 0 Å². The number of carbonyl (C=O) groups excluding carboxylic acids is 2. The van der Waals surface area contributed by atoms with Crippen LogP contribution in [0.25, 0.3) is 0 Å². The summed E-state index contributed by atoms with van der Waals surface area (Å²) in [7, 11) is 0. The topological polar surface area (TPSA) is 74.7 Å². The zero-order valence-electron chi connectivity index (χ0n) is 17.8. The zero-order chi connectivity index (χ0) is 21.5. The molecule has 3 aliphatic rings. The van der Waals surface area contributed by atoms with Crippen molar-refractivity contribution in [3.8, 4) is 0 Å². The first kappa shape index (κ1) is 20.0. The number of fused-ring (bicyclic) bond motifs is 5. The lowest BCUT2D eigenvalue weighted by molar-refractivity contribution is -0.125. The predicted octanol–water partition coefficient (Wildman–Crippen LogP) is 1.43. The van der Waals surface area contributed by atoms with Crippen LogP contribution in [0.4, 0.5) is 0 Å². The summed E-state index contributed by atoms with van der Waals surface area (Å²) in [6, 6.07) is 12.6. The molecule has 1 fully saturated rings. The molecular formula is C24H28N4O3. The highest BCUT2D eigenvalue weighted by Gasteiger charge is 2.35. The maximum Gasteiger partial charge on any atom is 0.255 e. The van der Waals surface area contributed by atoms with Crippen molar-refractivity contribution in [2.45, 2.75) is 38.4 Å². The highest BCUT2D eigenvalue weighted by Crippen LogP contribution is 2.34. The summed E-state index contributed by atoms with van der Waals surface area (Å²) >= 11 is 0. The maximum atomic E-state index is 12.7. The standard InChI is InChI=1S/C24H28N4O3/c1-16(27-15-18-5-2-3-6-20(18)24(27)31)23(30)25-9-10-26-12-17-11-19(14-26)21-7-4-8-22(29)28(21)13-17/h2-8,16-17,19H,9-15H2,1H3,(H,25,30)/t16-,17?,19?/m1/s1. The number of likely N-dealkylation sites (tertiary alicyclic amines) is 1. The van der Waals surface area contributed by atoms with Crippen LogP contribution in [0.1, 0.15) is 40.9 Å². The van der Waals surface area contributed by atoms with Gasteiger partial charge in [0.25, 0.3) is 11.5 Å². The van der Waals surface area contributed by atoms with Gasteiger partial charge in [-0.15, -0.1) is 0 Å². The van der Waals surface area contributed by atoms with Gasteiger partial charge >= 0.3 is 0 Å². The van der Waals surface area contributed by atoms with Crippen LogP contribution < -0.4 is 10.9 Å². The van der Waals surface area contributed by atoms with Crippen molar-refractivity contribution in [1.82, 2.24) is 19.7 Å². The largest absolute Gasteiger partial charge is 0.353 e. The number of carbonyl (C=O) groups is 2. The van der Waals surface area contributed by atoms with Gasteiger partial charge in [0.05, 0.1) is 0 Å². The number of nitrogens with zero attached hydrogens (tertiary/aromatic N) is 3. The van der Waals surface area contributed by atoms with Gasteiger partial charge < -0.3 is 19.7 Å². The van der Waals surface area contributed by atoms with Crippen molar-refractivity contribution < 1.29 is 9.59 Å². The van der Waals surface area contributed by atoms with Crippen molar-refractivity contribution in [1.29, 1.82) is 0 Å². The molecule has 0 radical (unpaired) electrons. The Morgan fingerprint density at radius 1 is 1.10 bits per heavy atom. The van der Waals surface area contributed by atoms with E-state index in [-0.39, 0.29) is 17.4 Å². The molecule has 2 unspecified atom stereocenters. The Hall–Kier alpha value is -2.93. The Morgan fingerprint density at radius 3 is 2.77 bits per heavy atom. The fraction of sp³-hybridized carbons (Fsp3) is 0.458. The van der Waals surface area contributed by atoms with Crippen LogP contribution >= 0.6 is 0 Å². The van der Waals surface area contributed by atoms with E-state index < -0.39 is 6.04 Å². The van der Waals surface area contributed by atoms with Crippen LogP contribution in [0.3, 0.4) is 0 Å². The van der Waals surface area contributed by atoms with Gasteiger partial charge in [0.15, 0.2) is 0 Å². The number of piperidine rings is 1. The number of pyridine rings is 1. The van der Waals surface area contributed by atoms with Gasteiger partial charge in [0, 0.05) is 62.5 Å². The number of nitrogens with one attached hydrogen (secondary N) is 1. The monoisotopic (exact) mass is 420 g/mol. The number of hydrogen-bond donors (Lipinski definition) is 1. The molecule has 7 heteroatoms. The fourth-order valence-electron chi connectivity index (χ4n) is 5.39. The number of amides is 2. The van der Waals surface area contributed by atoms with Gasteiger partial charge in [0.2, 0.25) is 5.91 Å². The molecule has 7 nitrogen and oxygen atoms in total. The SMILES string of the molecule is C[C@H](C(=O)NCCN1CC2CC(C1)c1cccc(=O)n1C2)N1Cc2ccccc2C1=O. The van der Waals surface area contributed by atoms with Crippen LogP contribution in [0.15, 0.2) is 47.3 Å². The van der Waals surface area contributed by atoms with Crippen LogP contribution in [-0.4, -0.2) is 58.4 Å². The van der Waals surface area contributed by atoms with Crippen molar-refractivity contribution >= 4 is 11.8 Å². The van der Waals surface area contributed by atoms with Crippen molar-refractivity contribution in [2.75, 3.05) is 26.2 Å². The third kappa shape index (κ3) is 3.67. The molecule has 1 N–H and O–H groups in total. The minimum absolute atomic E-state index is 0.0731. The van der Waals surface area contributed by atoms with Crippen LogP contribution in [0, 0.1) is 5.92 Å². The summed E-state index contributed by atoms with van der Waals surface area (Å²) in [4.78, 5) is 41.5. The third-order valence-corrected chi connectivity index (χ3v) is 6.98. The lowest BCUT2D eigenvalue weighted by atomic mass is 9.83. The molecule has 0 saturated carbocycles. The van der Waals surface area contributed by atoms with Crippen LogP contribution in [0.2, 0.25) is 0 Å². The fourth-order valence-corrected chi connectivity index (χ4v) is 5.39. The van der Waals surface area contributed by atoms with Gasteiger partial charge in [-0.1, -0.05) is 24.3 Å². The first-order valence-electron chi connectivity index (χ1n) is 11.1. The Kier molecular flexibility index (Phi) is 5.14. The molecule has 2 aromatic rings. The molecule has 31 heavy (non-hydrogen) atoms. The van der Waals surface area contributed by atoms with E-state index in [0.29, 0.717) is 30.5 Å². The van der Waals surface area contributed by atoms with E-state index in [2.05, 4.69) is 16.3 Å². The Bertz CT molecular complexity index is 1080. The van der Waals surface area contributed by atoms with E-state index in [1.54, 1.807) is 17.9 Å². The van der Waals surface area contributed by atoms with Gasteiger partial charge in [-0.3, -0.25) is 14.4 Å². The van der Waals surface area contributed by atoms with Gasteiger partial charge in [-0.25, -0.2) is 0 Å². The molecule has 2 bridgehead atoms. The molecule has 4 heterocycles. The summed E-state index contributed by atoms with van der Waals surface area (Å²) in [6.07, 6.45) is 1.13. The summed E-state index contributed by atoms with van der Waals surface area (Å²) < 4.78 is 1.94. The minimum atomic E-state index is -0.501. The first-order chi connectivity index (χ1) is 15.0. The Morgan fingerprint density at radius 2 is 1.94 bits per heavy atom. The first-order valence-corrected chi connectivity index (χ1v) is 11.1. The minimum Gasteiger partial charge on any atom is -0.353 e. The number of hydrogen-bond acceptors (Lipinski definition) is 4. The summed E-state index contributed by atoms with van der Waals surface area (Å²) in [6.45, 7) is 6.24. The second-order valence-corrected chi connectivity index (χ2v) is 9.01. The molecule has 0 aliphatic carbocycles. The highest BCUT2D eigenvalue weighted by molar-refractivity contribution is 6.01. The van der Waals surface area contributed by atoms with Crippen molar-refractivity contribution in [2.24, 2.45) is 5.92 Å². The summed E-state index contributed by atoms with van der Waals surface area (Å²) in [5, 5.41) is 3.02. The van der Waals surface area contributed by atoms with Crippen LogP contribution in [0.5, 0.6) is 0 Å². The molecule has 1 aromatic carbocycles. The van der Waals surface area contributed by atoms with E-state index in [9.17, 15) is 14.4 Å². The molecule has 3 aliphatic heterocycles. The predicted molar refractivity (Wildman–Crippen MR) is 117 cm³/mol. The van der Waals surface area contributed by atoms with E-state index in [4.69, 9.17) is 0 Å². The second kappa shape index (κ2) is 7.96.